The second-order valence-corrected chi connectivity index (χ2v) is 7.59. The van der Waals surface area contributed by atoms with Crippen LogP contribution in [0.4, 0.5) is 10.2 Å². The van der Waals surface area contributed by atoms with Crippen molar-refractivity contribution in [1.82, 2.24) is 20.5 Å². The number of guanidine groups is 1. The average molecular weight is 526 g/mol. The Kier molecular flexibility index (Phi) is 9.77. The number of nitrogens with one attached hydrogen (secondary N) is 2. The Morgan fingerprint density at radius 2 is 2.07 bits per heavy atom. The Labute approximate surface area is 196 Å². The van der Waals surface area contributed by atoms with Crippen molar-refractivity contribution in [1.29, 1.82) is 0 Å². The number of aliphatic imine (C=N–C) groups is 1. The van der Waals surface area contributed by atoms with Gasteiger partial charge in [0.05, 0.1) is 0 Å². The number of likely N-dealkylation sites (N-methyl/N-ethyl adjacent to an activating group) is 1. The molecule has 1 aliphatic heterocycles. The molecule has 0 amide bonds. The Morgan fingerprint density at radius 1 is 1.30 bits per heavy atom. The quantitative estimate of drug-likeness (QED) is 0.330. The number of hydrogen-bond donors (Lipinski definition) is 2. The summed E-state index contributed by atoms with van der Waals surface area (Å²) < 4.78 is 14.0. The zero-order chi connectivity index (χ0) is 20.6. The summed E-state index contributed by atoms with van der Waals surface area (Å²) in [7, 11) is 3.91. The van der Waals surface area contributed by atoms with Crippen molar-refractivity contribution in [2.75, 3.05) is 38.6 Å². The zero-order valence-corrected chi connectivity index (χ0v) is 20.2. The molecule has 3 rings (SSSR count). The third-order valence-corrected chi connectivity index (χ3v) is 5.38. The lowest BCUT2D eigenvalue weighted by Crippen LogP contribution is -2.48. The lowest BCUT2D eigenvalue weighted by molar-refractivity contribution is 0.249. The number of benzene rings is 1. The summed E-state index contributed by atoms with van der Waals surface area (Å²) in [6.45, 7) is 5.37. The lowest BCUT2D eigenvalue weighted by Gasteiger charge is -2.26. The van der Waals surface area contributed by atoms with Crippen LogP contribution in [0, 0.1) is 5.82 Å². The highest BCUT2D eigenvalue weighted by molar-refractivity contribution is 14.0. The summed E-state index contributed by atoms with van der Waals surface area (Å²) in [5.41, 5.74) is 1.30. The molecule has 2 unspecified atom stereocenters. The number of pyridine rings is 1. The van der Waals surface area contributed by atoms with Gasteiger partial charge in [-0.15, -0.1) is 24.0 Å². The molecule has 2 aromatic rings. The van der Waals surface area contributed by atoms with Gasteiger partial charge in [0.25, 0.3) is 0 Å². The molecule has 1 aromatic heterocycles. The van der Waals surface area contributed by atoms with Crippen molar-refractivity contribution < 1.29 is 4.39 Å². The van der Waals surface area contributed by atoms with Gasteiger partial charge in [0, 0.05) is 51.5 Å². The Hall–Kier alpha value is -1.94. The molecule has 8 heteroatoms. The molecular formula is C22H32FIN6. The first-order chi connectivity index (χ1) is 14.1. The van der Waals surface area contributed by atoms with Crippen molar-refractivity contribution in [2.24, 2.45) is 4.99 Å². The third kappa shape index (κ3) is 6.80. The van der Waals surface area contributed by atoms with Crippen molar-refractivity contribution >= 4 is 35.8 Å². The minimum Gasteiger partial charge on any atom is -0.355 e. The van der Waals surface area contributed by atoms with Gasteiger partial charge < -0.3 is 15.5 Å². The number of aromatic nitrogens is 1. The third-order valence-electron chi connectivity index (χ3n) is 5.38. The normalized spacial score (nSPS) is 17.6. The molecular weight excluding hydrogens is 494 g/mol. The first-order valence-corrected chi connectivity index (χ1v) is 10.1. The van der Waals surface area contributed by atoms with Crippen molar-refractivity contribution in [3.05, 3.63) is 60.0 Å². The maximum atomic E-state index is 14.0. The molecule has 1 aliphatic rings. The predicted octanol–water partition coefficient (Wildman–Crippen LogP) is 3.10. The van der Waals surface area contributed by atoms with Gasteiger partial charge in [0.15, 0.2) is 17.6 Å². The van der Waals surface area contributed by atoms with E-state index in [1.54, 1.807) is 19.3 Å². The predicted molar refractivity (Wildman–Crippen MR) is 132 cm³/mol. The first kappa shape index (κ1) is 24.3. The van der Waals surface area contributed by atoms with Crippen LogP contribution in [0.15, 0.2) is 53.7 Å². The highest BCUT2D eigenvalue weighted by Crippen LogP contribution is 2.20. The maximum Gasteiger partial charge on any atom is 0.191 e. The van der Waals surface area contributed by atoms with Gasteiger partial charge in [-0.2, -0.15) is 0 Å². The van der Waals surface area contributed by atoms with Crippen LogP contribution in [-0.4, -0.2) is 61.7 Å². The van der Waals surface area contributed by atoms with E-state index in [0.717, 1.165) is 32.0 Å². The van der Waals surface area contributed by atoms with Gasteiger partial charge in [0.1, 0.15) is 0 Å². The summed E-state index contributed by atoms with van der Waals surface area (Å²) in [5, 5.41) is 6.88. The van der Waals surface area contributed by atoms with E-state index in [0.29, 0.717) is 18.4 Å². The second-order valence-electron chi connectivity index (χ2n) is 7.59. The molecule has 1 fully saturated rings. The lowest BCUT2D eigenvalue weighted by atomic mass is 10.2. The molecule has 6 nitrogen and oxygen atoms in total. The zero-order valence-electron chi connectivity index (χ0n) is 17.9. The fourth-order valence-electron chi connectivity index (χ4n) is 3.50. The van der Waals surface area contributed by atoms with E-state index < -0.39 is 0 Å². The molecule has 0 bridgehead atoms. The van der Waals surface area contributed by atoms with Crippen LogP contribution in [0.1, 0.15) is 18.9 Å². The molecule has 2 N–H and O–H groups in total. The smallest absolute Gasteiger partial charge is 0.191 e. The van der Waals surface area contributed by atoms with Crippen LogP contribution in [0.5, 0.6) is 0 Å². The number of hydrogen-bond acceptors (Lipinski definition) is 4. The molecule has 0 aliphatic carbocycles. The van der Waals surface area contributed by atoms with Crippen LogP contribution < -0.4 is 15.5 Å². The van der Waals surface area contributed by atoms with Gasteiger partial charge in [-0.1, -0.05) is 30.3 Å². The van der Waals surface area contributed by atoms with Gasteiger partial charge in [-0.05, 0) is 38.1 Å². The summed E-state index contributed by atoms with van der Waals surface area (Å²) in [6.07, 6.45) is 2.55. The Balaban J connectivity index is 0.00000320. The summed E-state index contributed by atoms with van der Waals surface area (Å²) in [4.78, 5) is 12.8. The molecule has 0 radical (unpaired) electrons. The highest BCUT2D eigenvalue weighted by Gasteiger charge is 2.26. The van der Waals surface area contributed by atoms with E-state index in [1.807, 2.05) is 11.0 Å². The maximum absolute atomic E-state index is 14.0. The average Bonchev–Trinajstić information content (AvgIpc) is 3.20. The largest absolute Gasteiger partial charge is 0.355 e. The number of rotatable bonds is 7. The molecule has 1 saturated heterocycles. The Morgan fingerprint density at radius 3 is 2.77 bits per heavy atom. The minimum absolute atomic E-state index is 0. The van der Waals surface area contributed by atoms with Gasteiger partial charge in [-0.3, -0.25) is 9.89 Å². The topological polar surface area (TPSA) is 55.8 Å². The standard InChI is InChI=1S/C22H31FN6.HI/c1-17(28(3)15-18-8-5-4-6-9-18)14-26-22(24-2)27-19-11-13-29(16-19)21-20(23)10-7-12-25-21;/h4-10,12,17,19H,11,13-16H2,1-3H3,(H2,24,26,27);1H. The fourth-order valence-corrected chi connectivity index (χ4v) is 3.50. The highest BCUT2D eigenvalue weighted by atomic mass is 127. The number of halogens is 2. The van der Waals surface area contributed by atoms with E-state index in [1.165, 1.54) is 11.6 Å². The summed E-state index contributed by atoms with van der Waals surface area (Å²) in [6, 6.07) is 14.1. The van der Waals surface area contributed by atoms with Gasteiger partial charge >= 0.3 is 0 Å². The summed E-state index contributed by atoms with van der Waals surface area (Å²) >= 11 is 0. The SMILES string of the molecule is CN=C(NCC(C)N(C)Cc1ccccc1)NC1CCN(c2ncccc2F)C1.I. The molecule has 2 atom stereocenters. The van der Waals surface area contributed by atoms with E-state index in [4.69, 9.17) is 0 Å². The molecule has 1 aromatic carbocycles. The first-order valence-electron chi connectivity index (χ1n) is 10.1. The van der Waals surface area contributed by atoms with Gasteiger partial charge in [-0.25, -0.2) is 9.37 Å². The summed E-state index contributed by atoms with van der Waals surface area (Å²) in [5.74, 6) is 0.931. The molecule has 0 spiro atoms. The molecule has 164 valence electrons. The molecule has 0 saturated carbocycles. The minimum atomic E-state index is -0.272. The van der Waals surface area contributed by atoms with Crippen LogP contribution in [0.2, 0.25) is 0 Å². The van der Waals surface area contributed by atoms with E-state index in [9.17, 15) is 4.39 Å². The van der Waals surface area contributed by atoms with E-state index in [-0.39, 0.29) is 35.8 Å². The number of nitrogens with zero attached hydrogens (tertiary/aromatic N) is 4. The number of anilines is 1. The monoisotopic (exact) mass is 526 g/mol. The van der Waals surface area contributed by atoms with Crippen LogP contribution >= 0.6 is 24.0 Å². The van der Waals surface area contributed by atoms with E-state index in [2.05, 4.69) is 63.7 Å². The molecule has 30 heavy (non-hydrogen) atoms. The fraction of sp³-hybridized carbons (Fsp3) is 0.455. The second kappa shape index (κ2) is 12.0. The Bertz CT molecular complexity index is 803. The molecule has 2 heterocycles. The van der Waals surface area contributed by atoms with E-state index >= 15 is 0 Å². The van der Waals surface area contributed by atoms with Gasteiger partial charge in [0.2, 0.25) is 0 Å². The van der Waals surface area contributed by atoms with Crippen LogP contribution in [0.3, 0.4) is 0 Å². The van der Waals surface area contributed by atoms with Crippen molar-refractivity contribution in [2.45, 2.75) is 32.0 Å². The van der Waals surface area contributed by atoms with Crippen LogP contribution in [0.25, 0.3) is 0 Å². The van der Waals surface area contributed by atoms with Crippen molar-refractivity contribution in [3.63, 3.8) is 0 Å². The van der Waals surface area contributed by atoms with Crippen LogP contribution in [-0.2, 0) is 6.54 Å². The van der Waals surface area contributed by atoms with Crippen molar-refractivity contribution in [3.8, 4) is 0 Å².